The molecule has 1 saturated heterocycles. The first-order chi connectivity index (χ1) is 9.25. The minimum absolute atomic E-state index is 0.296. The van der Waals surface area contributed by atoms with Gasteiger partial charge in [0.15, 0.2) is 0 Å². The Morgan fingerprint density at radius 3 is 3.05 bits per heavy atom. The van der Waals surface area contributed by atoms with Crippen molar-refractivity contribution in [3.63, 3.8) is 0 Å². The zero-order chi connectivity index (χ0) is 13.2. The molecule has 0 aliphatic carbocycles. The Morgan fingerprint density at radius 2 is 2.21 bits per heavy atom. The first-order valence-electron chi connectivity index (χ1n) is 6.94. The Bertz CT molecular complexity index is 474. The van der Waals surface area contributed by atoms with E-state index in [9.17, 15) is 9.90 Å². The van der Waals surface area contributed by atoms with Crippen molar-refractivity contribution in [2.45, 2.75) is 31.2 Å². The molecule has 0 radical (unpaired) electrons. The van der Waals surface area contributed by atoms with Gasteiger partial charge in [0.1, 0.15) is 11.8 Å². The quantitative estimate of drug-likeness (QED) is 0.905. The molecule has 1 N–H and O–H groups in total. The summed E-state index contributed by atoms with van der Waals surface area (Å²) < 4.78 is 5.66. The largest absolute Gasteiger partial charge is 0.493 e. The summed E-state index contributed by atoms with van der Waals surface area (Å²) in [4.78, 5) is 13.4. The lowest BCUT2D eigenvalue weighted by Crippen LogP contribution is -2.39. The van der Waals surface area contributed by atoms with Crippen molar-refractivity contribution >= 4 is 5.97 Å². The van der Waals surface area contributed by atoms with E-state index in [-0.39, 0.29) is 6.04 Å². The van der Waals surface area contributed by atoms with Crippen LogP contribution in [0.15, 0.2) is 24.3 Å². The second kappa shape index (κ2) is 5.21. The van der Waals surface area contributed by atoms with E-state index >= 15 is 0 Å². The summed E-state index contributed by atoms with van der Waals surface area (Å²) in [5.74, 6) is 0.674. The molecule has 0 saturated carbocycles. The second-order valence-electron chi connectivity index (χ2n) is 5.36. The van der Waals surface area contributed by atoms with E-state index in [2.05, 4.69) is 11.0 Å². The maximum atomic E-state index is 11.2. The van der Waals surface area contributed by atoms with E-state index in [4.69, 9.17) is 4.74 Å². The van der Waals surface area contributed by atoms with Crippen LogP contribution in [0.4, 0.5) is 0 Å². The van der Waals surface area contributed by atoms with Gasteiger partial charge >= 0.3 is 5.97 Å². The fourth-order valence-electron chi connectivity index (χ4n) is 3.21. The summed E-state index contributed by atoms with van der Waals surface area (Å²) in [5.41, 5.74) is 1.23. The molecule has 3 rings (SSSR count). The topological polar surface area (TPSA) is 49.8 Å². The van der Waals surface area contributed by atoms with E-state index in [0.29, 0.717) is 5.92 Å². The number of carbonyl (C=O) groups is 1. The van der Waals surface area contributed by atoms with Crippen LogP contribution >= 0.6 is 0 Å². The summed E-state index contributed by atoms with van der Waals surface area (Å²) >= 11 is 0. The number of fused-ring (bicyclic) bond motifs is 1. The van der Waals surface area contributed by atoms with E-state index in [1.54, 1.807) is 0 Å². The summed E-state index contributed by atoms with van der Waals surface area (Å²) in [6.45, 7) is 2.46. The number of carboxylic acid groups (broad SMARTS) is 1. The van der Waals surface area contributed by atoms with Gasteiger partial charge < -0.3 is 9.84 Å². The lowest BCUT2D eigenvalue weighted by Gasteiger charge is -2.31. The fraction of sp³-hybridized carbons (Fsp3) is 0.533. The minimum atomic E-state index is -0.683. The Kier molecular flexibility index (Phi) is 3.42. The molecule has 2 atom stereocenters. The van der Waals surface area contributed by atoms with Crippen molar-refractivity contribution in [1.29, 1.82) is 0 Å². The highest BCUT2D eigenvalue weighted by Crippen LogP contribution is 2.35. The van der Waals surface area contributed by atoms with Crippen LogP contribution in [0.25, 0.3) is 0 Å². The van der Waals surface area contributed by atoms with Crippen molar-refractivity contribution < 1.29 is 14.6 Å². The lowest BCUT2D eigenvalue weighted by atomic mass is 9.92. The number of ether oxygens (including phenoxy) is 1. The molecule has 1 aromatic rings. The van der Waals surface area contributed by atoms with Gasteiger partial charge in [0, 0.05) is 12.5 Å². The van der Waals surface area contributed by atoms with Gasteiger partial charge in [-0.3, -0.25) is 9.69 Å². The molecule has 4 nitrogen and oxygen atoms in total. The molecule has 2 aliphatic rings. The summed E-state index contributed by atoms with van der Waals surface area (Å²) in [7, 11) is 0. The smallest absolute Gasteiger partial charge is 0.320 e. The third-order valence-electron chi connectivity index (χ3n) is 4.19. The van der Waals surface area contributed by atoms with Crippen LogP contribution in [0, 0.1) is 0 Å². The standard InChI is InChI=1S/C15H19NO3/c17-15(18)13-5-3-8-16(13)10-11-7-9-19-14-6-2-1-4-12(11)14/h1-2,4,6,11,13H,3,5,7-10H2,(H,17,18)/t11?,13-/m1/s1. The molecular formula is C15H19NO3. The number of hydrogen-bond acceptors (Lipinski definition) is 3. The highest BCUT2D eigenvalue weighted by Gasteiger charge is 2.33. The molecule has 4 heteroatoms. The minimum Gasteiger partial charge on any atom is -0.493 e. The maximum Gasteiger partial charge on any atom is 0.320 e. The molecule has 19 heavy (non-hydrogen) atoms. The molecular weight excluding hydrogens is 242 g/mol. The van der Waals surface area contributed by atoms with Crippen LogP contribution in [0.3, 0.4) is 0 Å². The monoisotopic (exact) mass is 261 g/mol. The zero-order valence-corrected chi connectivity index (χ0v) is 10.9. The molecule has 1 fully saturated rings. The molecule has 1 aromatic carbocycles. The number of carboxylic acids is 1. The molecule has 0 bridgehead atoms. The number of benzene rings is 1. The second-order valence-corrected chi connectivity index (χ2v) is 5.36. The van der Waals surface area contributed by atoms with Crippen LogP contribution in [-0.2, 0) is 4.79 Å². The van der Waals surface area contributed by atoms with Gasteiger partial charge in [0.2, 0.25) is 0 Å². The number of likely N-dealkylation sites (tertiary alicyclic amines) is 1. The zero-order valence-electron chi connectivity index (χ0n) is 10.9. The van der Waals surface area contributed by atoms with Gasteiger partial charge in [-0.05, 0) is 37.4 Å². The van der Waals surface area contributed by atoms with Crippen molar-refractivity contribution in [3.8, 4) is 5.75 Å². The average molecular weight is 261 g/mol. The Labute approximate surface area is 113 Å². The van der Waals surface area contributed by atoms with Crippen LogP contribution in [0.1, 0.15) is 30.7 Å². The number of aliphatic carboxylic acids is 1. The SMILES string of the molecule is O=C(O)[C@H]1CCCN1CC1CCOc2ccccc21. The van der Waals surface area contributed by atoms with Crippen LogP contribution in [-0.4, -0.2) is 41.7 Å². The van der Waals surface area contributed by atoms with Crippen molar-refractivity contribution in [1.82, 2.24) is 4.90 Å². The van der Waals surface area contributed by atoms with Gasteiger partial charge in [0.05, 0.1) is 6.61 Å². The molecule has 102 valence electrons. The predicted molar refractivity (Wildman–Crippen MR) is 71.5 cm³/mol. The number of para-hydroxylation sites is 1. The number of nitrogens with zero attached hydrogens (tertiary/aromatic N) is 1. The number of hydrogen-bond donors (Lipinski definition) is 1. The van der Waals surface area contributed by atoms with Crippen molar-refractivity contribution in [3.05, 3.63) is 29.8 Å². The summed E-state index contributed by atoms with van der Waals surface area (Å²) in [6.07, 6.45) is 2.74. The molecule has 2 aliphatic heterocycles. The molecule has 0 aromatic heterocycles. The Morgan fingerprint density at radius 1 is 1.37 bits per heavy atom. The maximum absolute atomic E-state index is 11.2. The van der Waals surface area contributed by atoms with E-state index < -0.39 is 5.97 Å². The van der Waals surface area contributed by atoms with Gasteiger partial charge in [-0.2, -0.15) is 0 Å². The molecule has 0 spiro atoms. The van der Waals surface area contributed by atoms with Gasteiger partial charge in [-0.25, -0.2) is 0 Å². The van der Waals surface area contributed by atoms with Crippen molar-refractivity contribution in [2.24, 2.45) is 0 Å². The third kappa shape index (κ3) is 2.45. The van der Waals surface area contributed by atoms with Crippen LogP contribution < -0.4 is 4.74 Å². The first-order valence-corrected chi connectivity index (χ1v) is 6.94. The number of rotatable bonds is 3. The fourth-order valence-corrected chi connectivity index (χ4v) is 3.21. The van der Waals surface area contributed by atoms with E-state index in [1.807, 2.05) is 18.2 Å². The lowest BCUT2D eigenvalue weighted by molar-refractivity contribution is -0.142. The molecule has 1 unspecified atom stereocenters. The normalized spacial score (nSPS) is 26.7. The van der Waals surface area contributed by atoms with Crippen molar-refractivity contribution in [2.75, 3.05) is 19.7 Å². The van der Waals surface area contributed by atoms with Crippen LogP contribution in [0.2, 0.25) is 0 Å². The first kappa shape index (κ1) is 12.5. The summed E-state index contributed by atoms with van der Waals surface area (Å²) in [6, 6.07) is 7.82. The Balaban J connectivity index is 1.76. The highest BCUT2D eigenvalue weighted by atomic mass is 16.5. The van der Waals surface area contributed by atoms with Gasteiger partial charge in [0.25, 0.3) is 0 Å². The van der Waals surface area contributed by atoms with E-state index in [0.717, 1.165) is 44.7 Å². The Hall–Kier alpha value is -1.55. The van der Waals surface area contributed by atoms with E-state index in [1.165, 1.54) is 5.56 Å². The highest BCUT2D eigenvalue weighted by molar-refractivity contribution is 5.73. The third-order valence-corrected chi connectivity index (χ3v) is 4.19. The van der Waals surface area contributed by atoms with Gasteiger partial charge in [-0.15, -0.1) is 0 Å². The predicted octanol–water partition coefficient (Wildman–Crippen LogP) is 2.10. The van der Waals surface area contributed by atoms with Crippen LogP contribution in [0.5, 0.6) is 5.75 Å². The van der Waals surface area contributed by atoms with Gasteiger partial charge in [-0.1, -0.05) is 18.2 Å². The summed E-state index contributed by atoms with van der Waals surface area (Å²) in [5, 5.41) is 9.24. The molecule has 0 amide bonds. The molecule has 2 heterocycles. The average Bonchev–Trinajstić information content (AvgIpc) is 2.87.